The number of amides is 1. The number of ether oxygens (including phenoxy) is 1. The number of hydrogen-bond donors (Lipinski definition) is 2. The lowest BCUT2D eigenvalue weighted by molar-refractivity contribution is -0.118. The maximum absolute atomic E-state index is 13.5. The lowest BCUT2D eigenvalue weighted by Gasteiger charge is -2.36. The summed E-state index contributed by atoms with van der Waals surface area (Å²) in [5.41, 5.74) is 1.29. The first-order valence-corrected chi connectivity index (χ1v) is 8.56. The molecule has 1 amide bonds. The van der Waals surface area contributed by atoms with E-state index in [9.17, 15) is 18.0 Å². The van der Waals surface area contributed by atoms with Gasteiger partial charge in [0.05, 0.1) is 6.54 Å². The number of benzene rings is 2. The Labute approximate surface area is 155 Å². The van der Waals surface area contributed by atoms with Crippen LogP contribution in [0.2, 0.25) is 0 Å². The molecule has 27 heavy (non-hydrogen) atoms. The van der Waals surface area contributed by atoms with Crippen molar-refractivity contribution in [3.63, 3.8) is 0 Å². The highest BCUT2D eigenvalue weighted by atomic mass is 19.3. The molecule has 1 unspecified atom stereocenters. The van der Waals surface area contributed by atoms with Crippen molar-refractivity contribution in [2.75, 3.05) is 31.5 Å². The van der Waals surface area contributed by atoms with E-state index < -0.39 is 6.61 Å². The van der Waals surface area contributed by atoms with Gasteiger partial charge in [0.2, 0.25) is 5.91 Å². The monoisotopic (exact) mass is 379 g/mol. The molecule has 144 valence electrons. The van der Waals surface area contributed by atoms with Gasteiger partial charge in [0.1, 0.15) is 11.6 Å². The normalized spacial score (nSPS) is 17.7. The third-order valence-corrected chi connectivity index (χ3v) is 4.30. The summed E-state index contributed by atoms with van der Waals surface area (Å²) in [6, 6.07) is 12.0. The number of nitrogens with one attached hydrogen (secondary N) is 2. The summed E-state index contributed by atoms with van der Waals surface area (Å²) in [5.74, 6) is -0.523. The second-order valence-corrected chi connectivity index (χ2v) is 6.20. The molecule has 1 saturated heterocycles. The van der Waals surface area contributed by atoms with Gasteiger partial charge >= 0.3 is 6.61 Å². The van der Waals surface area contributed by atoms with Crippen LogP contribution >= 0.6 is 0 Å². The molecule has 3 rings (SSSR count). The van der Waals surface area contributed by atoms with Gasteiger partial charge in [-0.2, -0.15) is 8.78 Å². The maximum Gasteiger partial charge on any atom is 0.387 e. The molecule has 2 aromatic rings. The minimum absolute atomic E-state index is 0.0243. The fraction of sp³-hybridized carbons (Fsp3) is 0.316. The molecular formula is C19H20F3N3O2. The number of piperazine rings is 1. The van der Waals surface area contributed by atoms with E-state index in [1.165, 1.54) is 36.4 Å². The molecular weight excluding hydrogens is 359 g/mol. The van der Waals surface area contributed by atoms with Crippen LogP contribution in [-0.4, -0.2) is 43.6 Å². The van der Waals surface area contributed by atoms with Crippen molar-refractivity contribution in [3.8, 4) is 5.75 Å². The van der Waals surface area contributed by atoms with E-state index in [0.29, 0.717) is 18.8 Å². The number of anilines is 1. The predicted molar refractivity (Wildman–Crippen MR) is 95.3 cm³/mol. The summed E-state index contributed by atoms with van der Waals surface area (Å²) >= 11 is 0. The van der Waals surface area contributed by atoms with Gasteiger partial charge in [-0.05, 0) is 42.0 Å². The Morgan fingerprint density at radius 1 is 1.26 bits per heavy atom. The second kappa shape index (κ2) is 8.88. The van der Waals surface area contributed by atoms with E-state index in [-0.39, 0.29) is 30.1 Å². The Morgan fingerprint density at radius 2 is 2.04 bits per heavy atom. The first kappa shape index (κ1) is 19.2. The number of carbonyl (C=O) groups is 1. The zero-order valence-electron chi connectivity index (χ0n) is 14.5. The first-order chi connectivity index (χ1) is 13.0. The summed E-state index contributed by atoms with van der Waals surface area (Å²) < 4.78 is 42.1. The number of halogens is 3. The van der Waals surface area contributed by atoms with Crippen LogP contribution in [-0.2, 0) is 4.79 Å². The molecule has 8 heteroatoms. The Kier molecular flexibility index (Phi) is 6.31. The van der Waals surface area contributed by atoms with Crippen molar-refractivity contribution in [3.05, 3.63) is 59.9 Å². The largest absolute Gasteiger partial charge is 0.435 e. The van der Waals surface area contributed by atoms with Crippen molar-refractivity contribution in [2.24, 2.45) is 0 Å². The third kappa shape index (κ3) is 5.45. The lowest BCUT2D eigenvalue weighted by Crippen LogP contribution is -2.48. The molecule has 1 fully saturated rings. The average Bonchev–Trinajstić information content (AvgIpc) is 2.63. The summed E-state index contributed by atoms with van der Waals surface area (Å²) in [4.78, 5) is 14.4. The van der Waals surface area contributed by atoms with E-state index >= 15 is 0 Å². The Hall–Kier alpha value is -2.58. The van der Waals surface area contributed by atoms with Crippen LogP contribution in [0.1, 0.15) is 11.6 Å². The second-order valence-electron chi connectivity index (χ2n) is 6.20. The van der Waals surface area contributed by atoms with E-state index in [1.54, 1.807) is 6.07 Å². The minimum atomic E-state index is -2.89. The molecule has 1 atom stereocenters. The van der Waals surface area contributed by atoms with Crippen molar-refractivity contribution < 1.29 is 22.7 Å². The van der Waals surface area contributed by atoms with Crippen LogP contribution in [0.4, 0.5) is 18.9 Å². The first-order valence-electron chi connectivity index (χ1n) is 8.56. The smallest absolute Gasteiger partial charge is 0.387 e. The van der Waals surface area contributed by atoms with Crippen LogP contribution in [0.5, 0.6) is 5.75 Å². The van der Waals surface area contributed by atoms with E-state index in [0.717, 1.165) is 12.1 Å². The van der Waals surface area contributed by atoms with Crippen molar-refractivity contribution >= 4 is 11.6 Å². The maximum atomic E-state index is 13.5. The Bertz CT molecular complexity index is 771. The lowest BCUT2D eigenvalue weighted by atomic mass is 10.0. The van der Waals surface area contributed by atoms with Crippen molar-refractivity contribution in [1.29, 1.82) is 0 Å². The summed E-state index contributed by atoms with van der Waals surface area (Å²) in [5, 5.41) is 5.99. The summed E-state index contributed by atoms with van der Waals surface area (Å²) in [6.45, 7) is -0.749. The van der Waals surface area contributed by atoms with Crippen LogP contribution in [0.25, 0.3) is 0 Å². The highest BCUT2D eigenvalue weighted by molar-refractivity contribution is 5.92. The number of rotatable bonds is 6. The summed E-state index contributed by atoms with van der Waals surface area (Å²) in [6.07, 6.45) is 0. The topological polar surface area (TPSA) is 53.6 Å². The van der Waals surface area contributed by atoms with Crippen LogP contribution < -0.4 is 15.4 Å². The highest BCUT2D eigenvalue weighted by Gasteiger charge is 2.25. The van der Waals surface area contributed by atoms with E-state index in [4.69, 9.17) is 0 Å². The van der Waals surface area contributed by atoms with Gasteiger partial charge < -0.3 is 15.4 Å². The zero-order valence-corrected chi connectivity index (χ0v) is 14.5. The predicted octanol–water partition coefficient (Wildman–Crippen LogP) is 3.01. The molecule has 0 saturated carbocycles. The van der Waals surface area contributed by atoms with E-state index in [1.807, 2.05) is 11.0 Å². The third-order valence-electron chi connectivity index (χ3n) is 4.30. The molecule has 2 N–H and O–H groups in total. The minimum Gasteiger partial charge on any atom is -0.435 e. The molecule has 0 radical (unpaired) electrons. The molecule has 0 bridgehead atoms. The van der Waals surface area contributed by atoms with Gasteiger partial charge in [-0.1, -0.05) is 12.1 Å². The molecule has 1 aliphatic heterocycles. The molecule has 0 spiro atoms. The fourth-order valence-electron chi connectivity index (χ4n) is 3.08. The number of hydrogen-bond acceptors (Lipinski definition) is 4. The van der Waals surface area contributed by atoms with Crippen LogP contribution in [0.3, 0.4) is 0 Å². The van der Waals surface area contributed by atoms with Gasteiger partial charge in [0.15, 0.2) is 0 Å². The van der Waals surface area contributed by atoms with Crippen LogP contribution in [0.15, 0.2) is 48.5 Å². The number of alkyl halides is 2. The molecule has 5 nitrogen and oxygen atoms in total. The van der Waals surface area contributed by atoms with E-state index in [2.05, 4.69) is 15.4 Å². The average molecular weight is 379 g/mol. The number of nitrogens with zero attached hydrogens (tertiary/aromatic N) is 1. The Morgan fingerprint density at radius 3 is 2.74 bits per heavy atom. The van der Waals surface area contributed by atoms with Crippen molar-refractivity contribution in [2.45, 2.75) is 12.7 Å². The number of carbonyl (C=O) groups excluding carboxylic acids is 1. The molecule has 0 aromatic heterocycles. The van der Waals surface area contributed by atoms with Gasteiger partial charge in [0.25, 0.3) is 0 Å². The quantitative estimate of drug-likeness (QED) is 0.810. The molecule has 0 aliphatic carbocycles. The molecule has 1 aliphatic rings. The van der Waals surface area contributed by atoms with Gasteiger partial charge in [0, 0.05) is 31.4 Å². The highest BCUT2D eigenvalue weighted by Crippen LogP contribution is 2.23. The summed E-state index contributed by atoms with van der Waals surface area (Å²) in [7, 11) is 0. The SMILES string of the molecule is O=C(CN1CCNCC1c1cccc(F)c1)Nc1ccc(OC(F)F)cc1. The van der Waals surface area contributed by atoms with Crippen LogP contribution in [0, 0.1) is 5.82 Å². The zero-order chi connectivity index (χ0) is 19.2. The van der Waals surface area contributed by atoms with Gasteiger partial charge in [-0.3, -0.25) is 9.69 Å². The van der Waals surface area contributed by atoms with Gasteiger partial charge in [-0.15, -0.1) is 0 Å². The van der Waals surface area contributed by atoms with Crippen molar-refractivity contribution in [1.82, 2.24) is 10.2 Å². The Balaban J connectivity index is 1.61. The molecule has 1 heterocycles. The van der Waals surface area contributed by atoms with Gasteiger partial charge in [-0.25, -0.2) is 4.39 Å². The molecule has 2 aromatic carbocycles. The standard InChI is InChI=1S/C19H20F3N3O2/c20-14-3-1-2-13(10-14)17-11-23-8-9-25(17)12-18(26)24-15-4-6-16(7-5-15)27-19(21)22/h1-7,10,17,19,23H,8-9,11-12H2,(H,24,26). The fourth-order valence-corrected chi connectivity index (χ4v) is 3.08.